The van der Waals surface area contributed by atoms with Gasteiger partial charge >= 0.3 is 0 Å². The largest absolute Gasteiger partial charge is 0.317 e. The predicted octanol–water partition coefficient (Wildman–Crippen LogP) is 3.30. The van der Waals surface area contributed by atoms with Crippen LogP contribution < -0.4 is 5.32 Å². The Hall–Kier alpha value is -0.350. The summed E-state index contributed by atoms with van der Waals surface area (Å²) in [5.41, 5.74) is 2.45. The van der Waals surface area contributed by atoms with Crippen LogP contribution in [0.3, 0.4) is 0 Å². The van der Waals surface area contributed by atoms with E-state index in [1.807, 2.05) is 0 Å². The van der Waals surface area contributed by atoms with Gasteiger partial charge in [-0.3, -0.25) is 4.68 Å². The van der Waals surface area contributed by atoms with Crippen molar-refractivity contribution >= 4 is 15.9 Å². The molecule has 0 saturated carbocycles. The molecule has 0 fully saturated rings. The number of rotatable bonds is 8. The number of nitrogens with zero attached hydrogens (tertiary/aromatic N) is 2. The van der Waals surface area contributed by atoms with Crippen LogP contribution in [0.25, 0.3) is 0 Å². The van der Waals surface area contributed by atoms with Crippen molar-refractivity contribution in [3.05, 3.63) is 15.9 Å². The van der Waals surface area contributed by atoms with Crippen molar-refractivity contribution in [3.8, 4) is 0 Å². The Bertz CT molecular complexity index is 334. The van der Waals surface area contributed by atoms with Gasteiger partial charge in [0.05, 0.1) is 15.9 Å². The quantitative estimate of drug-likeness (QED) is 0.747. The maximum Gasteiger partial charge on any atom is 0.0738 e. The first-order valence-corrected chi connectivity index (χ1v) is 7.42. The molecule has 0 saturated heterocycles. The monoisotopic (exact) mass is 301 g/mol. The molecule has 0 aliphatic carbocycles. The summed E-state index contributed by atoms with van der Waals surface area (Å²) in [6.07, 6.45) is 4.79. The van der Waals surface area contributed by atoms with Crippen molar-refractivity contribution in [1.82, 2.24) is 15.1 Å². The number of halogens is 1. The van der Waals surface area contributed by atoms with Gasteiger partial charge in [0, 0.05) is 6.54 Å². The molecule has 1 aromatic rings. The molecule has 0 amide bonds. The van der Waals surface area contributed by atoms with Gasteiger partial charge < -0.3 is 5.32 Å². The van der Waals surface area contributed by atoms with Crippen LogP contribution in [0.1, 0.15) is 44.5 Å². The fraction of sp³-hybridized carbons (Fsp3) is 0.769. The minimum absolute atomic E-state index is 0.954. The molecule has 17 heavy (non-hydrogen) atoms. The molecule has 98 valence electrons. The fourth-order valence-electron chi connectivity index (χ4n) is 1.95. The molecule has 0 atom stereocenters. The normalized spacial score (nSPS) is 11.1. The third-order valence-electron chi connectivity index (χ3n) is 2.90. The number of aromatic nitrogens is 2. The zero-order chi connectivity index (χ0) is 12.7. The maximum atomic E-state index is 4.51. The van der Waals surface area contributed by atoms with Crippen molar-refractivity contribution in [1.29, 1.82) is 0 Å². The second kappa shape index (κ2) is 7.88. The maximum absolute atomic E-state index is 4.51. The Kier molecular flexibility index (Phi) is 6.82. The van der Waals surface area contributed by atoms with Crippen LogP contribution in [0.15, 0.2) is 4.47 Å². The van der Waals surface area contributed by atoms with E-state index in [9.17, 15) is 0 Å². The highest BCUT2D eigenvalue weighted by atomic mass is 79.9. The van der Waals surface area contributed by atoms with Gasteiger partial charge in [-0.1, -0.05) is 6.92 Å². The number of hydrogen-bond acceptors (Lipinski definition) is 2. The summed E-state index contributed by atoms with van der Waals surface area (Å²) in [6, 6.07) is 0. The first-order valence-electron chi connectivity index (χ1n) is 6.63. The van der Waals surface area contributed by atoms with E-state index in [0.29, 0.717) is 0 Å². The Labute approximate surface area is 113 Å². The molecule has 1 aromatic heterocycles. The molecule has 1 heterocycles. The number of unbranched alkanes of at least 4 members (excludes halogenated alkanes) is 1. The minimum Gasteiger partial charge on any atom is -0.317 e. The SMILES string of the molecule is CCCNCCCCc1c(Br)c(C)nn1CC. The van der Waals surface area contributed by atoms with E-state index >= 15 is 0 Å². The first-order chi connectivity index (χ1) is 8.20. The topological polar surface area (TPSA) is 29.9 Å². The zero-order valence-electron chi connectivity index (χ0n) is 11.2. The molecule has 0 aliphatic rings. The third kappa shape index (κ3) is 4.43. The Morgan fingerprint density at radius 2 is 2.00 bits per heavy atom. The summed E-state index contributed by atoms with van der Waals surface area (Å²) in [5, 5.41) is 7.95. The van der Waals surface area contributed by atoms with Crippen molar-refractivity contribution in [3.63, 3.8) is 0 Å². The number of hydrogen-bond donors (Lipinski definition) is 1. The fourth-order valence-corrected chi connectivity index (χ4v) is 2.43. The smallest absolute Gasteiger partial charge is 0.0738 e. The molecule has 3 nitrogen and oxygen atoms in total. The van der Waals surface area contributed by atoms with Gasteiger partial charge in [-0.05, 0) is 68.6 Å². The van der Waals surface area contributed by atoms with Crippen LogP contribution in [0.2, 0.25) is 0 Å². The molecule has 0 bridgehead atoms. The summed E-state index contributed by atoms with van der Waals surface area (Å²) in [6.45, 7) is 9.62. The Morgan fingerprint density at radius 3 is 2.65 bits per heavy atom. The van der Waals surface area contributed by atoms with Gasteiger partial charge in [0.1, 0.15) is 0 Å². The molecule has 0 unspecified atom stereocenters. The molecular formula is C13H24BrN3. The molecule has 0 spiro atoms. The van der Waals surface area contributed by atoms with Crippen LogP contribution in [-0.2, 0) is 13.0 Å². The van der Waals surface area contributed by atoms with E-state index < -0.39 is 0 Å². The van der Waals surface area contributed by atoms with Gasteiger partial charge in [0.15, 0.2) is 0 Å². The average Bonchev–Trinajstić information content (AvgIpc) is 2.60. The minimum atomic E-state index is 0.954. The third-order valence-corrected chi connectivity index (χ3v) is 3.93. The van der Waals surface area contributed by atoms with E-state index in [-0.39, 0.29) is 0 Å². The molecule has 1 rings (SSSR count). The highest BCUT2D eigenvalue weighted by molar-refractivity contribution is 9.10. The van der Waals surface area contributed by atoms with E-state index in [2.05, 4.69) is 51.8 Å². The van der Waals surface area contributed by atoms with Gasteiger partial charge in [-0.25, -0.2) is 0 Å². The lowest BCUT2D eigenvalue weighted by Crippen LogP contribution is -2.16. The van der Waals surface area contributed by atoms with Crippen molar-refractivity contribution < 1.29 is 0 Å². The van der Waals surface area contributed by atoms with Gasteiger partial charge in [0.25, 0.3) is 0 Å². The Morgan fingerprint density at radius 1 is 1.24 bits per heavy atom. The van der Waals surface area contributed by atoms with Crippen LogP contribution >= 0.6 is 15.9 Å². The van der Waals surface area contributed by atoms with E-state index in [1.54, 1.807) is 0 Å². The molecular weight excluding hydrogens is 278 g/mol. The van der Waals surface area contributed by atoms with E-state index in [0.717, 1.165) is 31.7 Å². The van der Waals surface area contributed by atoms with E-state index in [4.69, 9.17) is 0 Å². The molecule has 1 N–H and O–H groups in total. The van der Waals surface area contributed by atoms with Crippen molar-refractivity contribution in [2.75, 3.05) is 13.1 Å². The zero-order valence-corrected chi connectivity index (χ0v) is 12.8. The average molecular weight is 302 g/mol. The summed E-state index contributed by atoms with van der Waals surface area (Å²) in [5.74, 6) is 0. The van der Waals surface area contributed by atoms with Crippen LogP contribution in [0, 0.1) is 6.92 Å². The van der Waals surface area contributed by atoms with Crippen molar-refractivity contribution in [2.45, 2.75) is 53.0 Å². The van der Waals surface area contributed by atoms with Crippen LogP contribution in [0.5, 0.6) is 0 Å². The highest BCUT2D eigenvalue weighted by Gasteiger charge is 2.10. The molecule has 0 aromatic carbocycles. The predicted molar refractivity (Wildman–Crippen MR) is 76.4 cm³/mol. The standard InChI is InChI=1S/C13H24BrN3/c1-4-9-15-10-7-6-8-12-13(14)11(3)16-17(12)5-2/h15H,4-10H2,1-3H3. The van der Waals surface area contributed by atoms with Gasteiger partial charge in [-0.2, -0.15) is 5.10 Å². The molecule has 0 aliphatic heterocycles. The van der Waals surface area contributed by atoms with Crippen LogP contribution in [-0.4, -0.2) is 22.9 Å². The second-order valence-corrected chi connectivity index (χ2v) is 5.16. The summed E-state index contributed by atoms with van der Waals surface area (Å²) >= 11 is 3.64. The number of aryl methyl sites for hydroxylation is 2. The first kappa shape index (κ1) is 14.7. The lowest BCUT2D eigenvalue weighted by atomic mass is 10.2. The lowest BCUT2D eigenvalue weighted by molar-refractivity contribution is 0.578. The second-order valence-electron chi connectivity index (χ2n) is 4.37. The van der Waals surface area contributed by atoms with Gasteiger partial charge in [0.2, 0.25) is 0 Å². The number of nitrogens with one attached hydrogen (secondary N) is 1. The summed E-state index contributed by atoms with van der Waals surface area (Å²) in [7, 11) is 0. The van der Waals surface area contributed by atoms with E-state index in [1.165, 1.54) is 29.4 Å². The Balaban J connectivity index is 2.35. The van der Waals surface area contributed by atoms with Crippen molar-refractivity contribution in [2.24, 2.45) is 0 Å². The lowest BCUT2D eigenvalue weighted by Gasteiger charge is -2.06. The summed E-state index contributed by atoms with van der Waals surface area (Å²) in [4.78, 5) is 0. The van der Waals surface area contributed by atoms with Gasteiger partial charge in [-0.15, -0.1) is 0 Å². The molecule has 0 radical (unpaired) electrons. The highest BCUT2D eigenvalue weighted by Crippen LogP contribution is 2.22. The summed E-state index contributed by atoms with van der Waals surface area (Å²) < 4.78 is 3.31. The van der Waals surface area contributed by atoms with Crippen LogP contribution in [0.4, 0.5) is 0 Å². The molecule has 4 heteroatoms.